The first-order valence-corrected chi connectivity index (χ1v) is 12.7. The largest absolute Gasteiger partial charge is 0.478 e. The van der Waals surface area contributed by atoms with Crippen LogP contribution in [0, 0.1) is 0 Å². The summed E-state index contributed by atoms with van der Waals surface area (Å²) >= 11 is 0. The van der Waals surface area contributed by atoms with Crippen LogP contribution in [0.15, 0.2) is 71.6 Å². The third kappa shape index (κ3) is 5.22. The third-order valence-electron chi connectivity index (χ3n) is 5.90. The molecular weight excluding hydrogens is 468 g/mol. The van der Waals surface area contributed by atoms with Crippen LogP contribution >= 0.6 is 0 Å². The predicted octanol–water partition coefficient (Wildman–Crippen LogP) is 5.13. The summed E-state index contributed by atoms with van der Waals surface area (Å²) in [4.78, 5) is 18.7. The summed E-state index contributed by atoms with van der Waals surface area (Å²) in [6.07, 6.45) is 4.69. The molecule has 0 amide bonds. The van der Waals surface area contributed by atoms with Crippen LogP contribution in [0.1, 0.15) is 36.0 Å². The molecule has 0 radical (unpaired) electrons. The van der Waals surface area contributed by atoms with Gasteiger partial charge in [-0.2, -0.15) is 8.42 Å². The first kappa shape index (κ1) is 22.7. The Kier molecular flexibility index (Phi) is 6.04. The van der Waals surface area contributed by atoms with E-state index in [9.17, 15) is 13.2 Å². The molecule has 10 heteroatoms. The topological polar surface area (TPSA) is 133 Å². The Morgan fingerprint density at radius 1 is 1.00 bits per heavy atom. The summed E-state index contributed by atoms with van der Waals surface area (Å²) in [6, 6.07) is 18.1. The number of imidazole rings is 1. The van der Waals surface area contributed by atoms with E-state index in [1.54, 1.807) is 36.4 Å². The lowest BCUT2D eigenvalue weighted by molar-refractivity contribution is 0.0697. The number of carbonyl (C=O) groups is 1. The number of hydrogen-bond acceptors (Lipinski definition) is 7. The van der Waals surface area contributed by atoms with Gasteiger partial charge in [0.2, 0.25) is 5.95 Å². The Bertz CT molecular complexity index is 1480. The number of hydrogen-bond donors (Lipinski definition) is 4. The Labute approximate surface area is 202 Å². The molecule has 5 rings (SSSR count). The van der Waals surface area contributed by atoms with Gasteiger partial charge in [-0.05, 0) is 67.4 Å². The van der Waals surface area contributed by atoms with E-state index >= 15 is 0 Å². The first-order chi connectivity index (χ1) is 16.9. The number of aromatic amines is 1. The molecule has 1 heterocycles. The molecule has 1 saturated carbocycles. The molecule has 1 aromatic heterocycles. The van der Waals surface area contributed by atoms with Crippen molar-refractivity contribution in [3.05, 3.63) is 72.3 Å². The summed E-state index contributed by atoms with van der Waals surface area (Å²) in [7, 11) is -4.01. The molecule has 9 nitrogen and oxygen atoms in total. The molecule has 4 aromatic rings. The Balaban J connectivity index is 1.30. The number of carboxylic acids is 1. The second-order valence-corrected chi connectivity index (χ2v) is 10.0. The monoisotopic (exact) mass is 492 g/mol. The van der Waals surface area contributed by atoms with Gasteiger partial charge in [0.25, 0.3) is 0 Å². The van der Waals surface area contributed by atoms with E-state index < -0.39 is 16.1 Å². The standard InChI is InChI=1S/C25H24N4O5S/c30-24(31)16-4-3-7-19(14-16)27-25-28-22-13-10-20(15-23(22)29-25)34-35(32,33)21-11-8-18(9-12-21)26-17-5-1-2-6-17/h3-4,7-15,17,26H,1-2,5-6H2,(H,30,31)(H2,27,28,29). The summed E-state index contributed by atoms with van der Waals surface area (Å²) in [5.74, 6) is -0.498. The number of fused-ring (bicyclic) bond motifs is 1. The molecule has 1 aliphatic rings. The highest BCUT2D eigenvalue weighted by atomic mass is 32.2. The second-order valence-electron chi connectivity index (χ2n) is 8.46. The number of carboxylic acid groups (broad SMARTS) is 1. The molecule has 35 heavy (non-hydrogen) atoms. The number of H-pyrrole nitrogens is 1. The maximum absolute atomic E-state index is 12.8. The fraction of sp³-hybridized carbons (Fsp3) is 0.200. The van der Waals surface area contributed by atoms with Crippen LogP contribution in [-0.2, 0) is 10.1 Å². The van der Waals surface area contributed by atoms with Crippen molar-refractivity contribution in [2.75, 3.05) is 10.6 Å². The molecule has 0 aliphatic heterocycles. The maximum Gasteiger partial charge on any atom is 0.339 e. The van der Waals surface area contributed by atoms with Crippen molar-refractivity contribution in [2.45, 2.75) is 36.6 Å². The highest BCUT2D eigenvalue weighted by Gasteiger charge is 2.19. The smallest absolute Gasteiger partial charge is 0.339 e. The molecule has 180 valence electrons. The number of rotatable bonds is 8. The molecule has 0 bridgehead atoms. The van der Waals surface area contributed by atoms with Crippen molar-refractivity contribution in [3.8, 4) is 5.75 Å². The normalized spacial score (nSPS) is 14.2. The predicted molar refractivity (Wildman–Crippen MR) is 133 cm³/mol. The number of aromatic carboxylic acids is 1. The Hall–Kier alpha value is -4.05. The number of benzene rings is 3. The van der Waals surface area contributed by atoms with Crippen LogP contribution in [0.5, 0.6) is 5.75 Å². The van der Waals surface area contributed by atoms with Crippen molar-refractivity contribution in [3.63, 3.8) is 0 Å². The molecule has 0 spiro atoms. The molecule has 0 atom stereocenters. The van der Waals surface area contributed by atoms with Gasteiger partial charge in [-0.15, -0.1) is 0 Å². The zero-order valence-corrected chi connectivity index (χ0v) is 19.5. The number of nitrogens with one attached hydrogen (secondary N) is 3. The van der Waals surface area contributed by atoms with Gasteiger partial charge in [0, 0.05) is 23.5 Å². The lowest BCUT2D eigenvalue weighted by atomic mass is 10.2. The lowest BCUT2D eigenvalue weighted by Gasteiger charge is -2.14. The van der Waals surface area contributed by atoms with Crippen LogP contribution in [-0.4, -0.2) is 35.5 Å². The number of aromatic nitrogens is 2. The highest BCUT2D eigenvalue weighted by molar-refractivity contribution is 7.87. The van der Waals surface area contributed by atoms with Gasteiger partial charge in [-0.1, -0.05) is 18.9 Å². The van der Waals surface area contributed by atoms with E-state index in [-0.39, 0.29) is 16.2 Å². The van der Waals surface area contributed by atoms with Crippen molar-refractivity contribution in [1.29, 1.82) is 0 Å². The van der Waals surface area contributed by atoms with Gasteiger partial charge in [0.1, 0.15) is 10.6 Å². The van der Waals surface area contributed by atoms with Crippen LogP contribution in [0.3, 0.4) is 0 Å². The average Bonchev–Trinajstić information content (AvgIpc) is 3.48. The van der Waals surface area contributed by atoms with E-state index in [4.69, 9.17) is 9.29 Å². The van der Waals surface area contributed by atoms with E-state index in [1.807, 2.05) is 0 Å². The fourth-order valence-electron chi connectivity index (χ4n) is 4.16. The van der Waals surface area contributed by atoms with Gasteiger partial charge in [0.15, 0.2) is 0 Å². The molecule has 0 unspecified atom stereocenters. The second kappa shape index (κ2) is 9.30. The Morgan fingerprint density at radius 3 is 2.51 bits per heavy atom. The van der Waals surface area contributed by atoms with Crippen LogP contribution in [0.25, 0.3) is 11.0 Å². The summed E-state index contributed by atoms with van der Waals surface area (Å²) in [5.41, 5.74) is 2.74. The quantitative estimate of drug-likeness (QED) is 0.249. The van der Waals surface area contributed by atoms with E-state index in [0.29, 0.717) is 28.7 Å². The highest BCUT2D eigenvalue weighted by Crippen LogP contribution is 2.27. The van der Waals surface area contributed by atoms with Crippen molar-refractivity contribution in [2.24, 2.45) is 0 Å². The van der Waals surface area contributed by atoms with Gasteiger partial charge in [-0.3, -0.25) is 0 Å². The number of nitrogens with zero attached hydrogens (tertiary/aromatic N) is 1. The van der Waals surface area contributed by atoms with Crippen LogP contribution < -0.4 is 14.8 Å². The van der Waals surface area contributed by atoms with Crippen LogP contribution in [0.4, 0.5) is 17.3 Å². The molecule has 4 N–H and O–H groups in total. The molecule has 0 saturated heterocycles. The third-order valence-corrected chi connectivity index (χ3v) is 7.16. The zero-order chi connectivity index (χ0) is 24.4. The number of anilines is 3. The van der Waals surface area contributed by atoms with Gasteiger partial charge < -0.3 is 24.9 Å². The molecule has 3 aromatic carbocycles. The minimum Gasteiger partial charge on any atom is -0.478 e. The average molecular weight is 493 g/mol. The summed E-state index contributed by atoms with van der Waals surface area (Å²) in [6.45, 7) is 0. The van der Waals surface area contributed by atoms with Crippen LogP contribution in [0.2, 0.25) is 0 Å². The fourth-order valence-corrected chi connectivity index (χ4v) is 5.09. The van der Waals surface area contributed by atoms with Crippen molar-refractivity contribution < 1.29 is 22.5 Å². The lowest BCUT2D eigenvalue weighted by Crippen LogP contribution is -2.14. The van der Waals surface area contributed by atoms with Crippen molar-refractivity contribution in [1.82, 2.24) is 9.97 Å². The SMILES string of the molecule is O=C(O)c1cccc(Nc2nc3ccc(OS(=O)(=O)c4ccc(NC5CCCC5)cc4)cc3[nH]2)c1. The summed E-state index contributed by atoms with van der Waals surface area (Å²) < 4.78 is 31.0. The minimum absolute atomic E-state index is 0.0693. The first-order valence-electron chi connectivity index (χ1n) is 11.3. The molecule has 1 aliphatic carbocycles. The maximum atomic E-state index is 12.8. The van der Waals surface area contributed by atoms with Crippen molar-refractivity contribution >= 4 is 44.4 Å². The minimum atomic E-state index is -4.01. The van der Waals surface area contributed by atoms with E-state index in [2.05, 4.69) is 20.6 Å². The summed E-state index contributed by atoms with van der Waals surface area (Å²) in [5, 5.41) is 15.6. The van der Waals surface area contributed by atoms with Gasteiger partial charge in [-0.25, -0.2) is 9.78 Å². The van der Waals surface area contributed by atoms with E-state index in [1.165, 1.54) is 43.2 Å². The zero-order valence-electron chi connectivity index (χ0n) is 18.7. The van der Waals surface area contributed by atoms with Gasteiger partial charge in [0.05, 0.1) is 16.6 Å². The Morgan fingerprint density at radius 2 is 1.77 bits per heavy atom. The van der Waals surface area contributed by atoms with Gasteiger partial charge >= 0.3 is 16.1 Å². The van der Waals surface area contributed by atoms with E-state index in [0.717, 1.165) is 18.5 Å². The molecule has 1 fully saturated rings. The molecular formula is C25H24N4O5S.